The van der Waals surface area contributed by atoms with E-state index >= 15 is 0 Å². The Morgan fingerprint density at radius 3 is 2.90 bits per heavy atom. The summed E-state index contributed by atoms with van der Waals surface area (Å²) in [6, 6.07) is 3.01. The fraction of sp³-hybridized carbons (Fsp3) is 0.400. The maximum Gasteiger partial charge on any atom is 0.180 e. The van der Waals surface area contributed by atoms with Crippen molar-refractivity contribution in [2.24, 2.45) is 0 Å². The molecule has 2 aromatic heterocycles. The van der Waals surface area contributed by atoms with Crippen LogP contribution in [0.25, 0.3) is 11.5 Å². The molecule has 0 atom stereocenters. The normalized spacial score (nSPS) is 13.3. The summed E-state index contributed by atoms with van der Waals surface area (Å²) < 4.78 is 13.0. The van der Waals surface area contributed by atoms with Gasteiger partial charge in [0.15, 0.2) is 5.82 Å². The van der Waals surface area contributed by atoms with Crippen LogP contribution in [0.4, 0.5) is 10.2 Å². The summed E-state index contributed by atoms with van der Waals surface area (Å²) in [5.41, 5.74) is 2.93. The molecule has 5 heteroatoms. The summed E-state index contributed by atoms with van der Waals surface area (Å²) >= 11 is 0. The summed E-state index contributed by atoms with van der Waals surface area (Å²) in [7, 11) is 0. The average molecular weight is 272 g/mol. The van der Waals surface area contributed by atoms with Crippen LogP contribution in [0.15, 0.2) is 18.3 Å². The Morgan fingerprint density at radius 2 is 2.15 bits per heavy atom. The van der Waals surface area contributed by atoms with Gasteiger partial charge in [-0.25, -0.2) is 19.3 Å². The van der Waals surface area contributed by atoms with Crippen LogP contribution < -0.4 is 5.32 Å². The molecule has 0 aliphatic heterocycles. The molecule has 4 nitrogen and oxygen atoms in total. The van der Waals surface area contributed by atoms with Crippen molar-refractivity contribution >= 4 is 5.82 Å². The lowest BCUT2D eigenvalue weighted by Crippen LogP contribution is -2.08. The number of fused-ring (bicyclic) bond motifs is 1. The second kappa shape index (κ2) is 5.53. The molecule has 0 unspecified atom stereocenters. The molecule has 104 valence electrons. The van der Waals surface area contributed by atoms with Gasteiger partial charge in [-0.15, -0.1) is 0 Å². The molecule has 3 rings (SSSR count). The zero-order chi connectivity index (χ0) is 13.9. The second-order valence-electron chi connectivity index (χ2n) is 4.96. The van der Waals surface area contributed by atoms with Gasteiger partial charge in [-0.05, 0) is 37.8 Å². The minimum Gasteiger partial charge on any atom is -0.370 e. The number of hydrogen-bond acceptors (Lipinski definition) is 4. The predicted molar refractivity (Wildman–Crippen MR) is 76.0 cm³/mol. The predicted octanol–water partition coefficient (Wildman–Crippen LogP) is 2.99. The van der Waals surface area contributed by atoms with Gasteiger partial charge in [0.2, 0.25) is 0 Å². The van der Waals surface area contributed by atoms with Crippen LogP contribution in [0, 0.1) is 5.82 Å². The molecule has 0 radical (unpaired) electrons. The Kier molecular flexibility index (Phi) is 3.58. The van der Waals surface area contributed by atoms with E-state index in [2.05, 4.69) is 27.2 Å². The summed E-state index contributed by atoms with van der Waals surface area (Å²) in [5.74, 6) is 1.14. The molecule has 0 amide bonds. The first-order valence-electron chi connectivity index (χ1n) is 7.03. The minimum absolute atomic E-state index is 0.348. The van der Waals surface area contributed by atoms with Crippen molar-refractivity contribution in [3.63, 3.8) is 0 Å². The van der Waals surface area contributed by atoms with Gasteiger partial charge < -0.3 is 5.32 Å². The van der Waals surface area contributed by atoms with E-state index in [0.29, 0.717) is 11.5 Å². The lowest BCUT2D eigenvalue weighted by molar-refractivity contribution is 0.621. The van der Waals surface area contributed by atoms with E-state index in [4.69, 9.17) is 0 Å². The Balaban J connectivity index is 2.01. The second-order valence-corrected chi connectivity index (χ2v) is 4.96. The molecular weight excluding hydrogens is 255 g/mol. The van der Waals surface area contributed by atoms with Crippen LogP contribution in [0.3, 0.4) is 0 Å². The number of rotatable bonds is 4. The van der Waals surface area contributed by atoms with Crippen LogP contribution >= 0.6 is 0 Å². The largest absolute Gasteiger partial charge is 0.370 e. The molecule has 2 heterocycles. The summed E-state index contributed by atoms with van der Waals surface area (Å²) in [4.78, 5) is 13.2. The van der Waals surface area contributed by atoms with E-state index < -0.39 is 0 Å². The first-order valence-corrected chi connectivity index (χ1v) is 7.03. The highest BCUT2D eigenvalue weighted by Gasteiger charge is 2.20. The molecule has 1 N–H and O–H groups in total. The summed E-state index contributed by atoms with van der Waals surface area (Å²) in [5, 5.41) is 3.36. The molecule has 20 heavy (non-hydrogen) atoms. The molecule has 0 spiro atoms. The smallest absolute Gasteiger partial charge is 0.180 e. The van der Waals surface area contributed by atoms with Crippen molar-refractivity contribution in [1.82, 2.24) is 15.0 Å². The zero-order valence-electron chi connectivity index (χ0n) is 11.5. The van der Waals surface area contributed by atoms with Gasteiger partial charge in [0, 0.05) is 17.8 Å². The van der Waals surface area contributed by atoms with Gasteiger partial charge in [-0.3, -0.25) is 0 Å². The van der Waals surface area contributed by atoms with Crippen LogP contribution in [0.5, 0.6) is 0 Å². The standard InChI is InChI=1S/C15H17FN4/c1-2-8-17-14-11-4-3-5-12(11)19-15(20-14)13-7-6-10(16)9-18-13/h6-7,9H,2-5,8H2,1H3,(H,17,19,20). The van der Waals surface area contributed by atoms with Gasteiger partial charge in [0.05, 0.1) is 6.20 Å². The van der Waals surface area contributed by atoms with Gasteiger partial charge >= 0.3 is 0 Å². The number of anilines is 1. The molecule has 0 saturated heterocycles. The number of nitrogens with zero attached hydrogens (tertiary/aromatic N) is 3. The van der Waals surface area contributed by atoms with Crippen LogP contribution in [0.2, 0.25) is 0 Å². The Morgan fingerprint density at radius 1 is 1.25 bits per heavy atom. The average Bonchev–Trinajstić information content (AvgIpc) is 2.94. The zero-order valence-corrected chi connectivity index (χ0v) is 11.5. The first-order chi connectivity index (χ1) is 9.78. The van der Waals surface area contributed by atoms with E-state index in [1.165, 1.54) is 17.8 Å². The highest BCUT2D eigenvalue weighted by molar-refractivity contribution is 5.57. The van der Waals surface area contributed by atoms with E-state index in [-0.39, 0.29) is 5.82 Å². The third-order valence-corrected chi connectivity index (χ3v) is 3.43. The van der Waals surface area contributed by atoms with Crippen molar-refractivity contribution in [1.29, 1.82) is 0 Å². The quantitative estimate of drug-likeness (QED) is 0.929. The fourth-order valence-electron chi connectivity index (χ4n) is 2.44. The van der Waals surface area contributed by atoms with Crippen molar-refractivity contribution in [2.45, 2.75) is 32.6 Å². The SMILES string of the molecule is CCCNc1nc(-c2ccc(F)cn2)nc2c1CCC2. The van der Waals surface area contributed by atoms with Crippen LogP contribution in [-0.2, 0) is 12.8 Å². The third-order valence-electron chi connectivity index (χ3n) is 3.43. The first kappa shape index (κ1) is 13.0. The van der Waals surface area contributed by atoms with Crippen LogP contribution in [-0.4, -0.2) is 21.5 Å². The highest BCUT2D eigenvalue weighted by Crippen LogP contribution is 2.28. The molecule has 0 saturated carbocycles. The van der Waals surface area contributed by atoms with E-state index in [1.807, 2.05) is 0 Å². The maximum absolute atomic E-state index is 13.0. The molecule has 1 aliphatic rings. The fourth-order valence-corrected chi connectivity index (χ4v) is 2.44. The van der Waals surface area contributed by atoms with Gasteiger partial charge in [-0.2, -0.15) is 0 Å². The monoisotopic (exact) mass is 272 g/mol. The summed E-state index contributed by atoms with van der Waals surface area (Å²) in [6.45, 7) is 3.01. The minimum atomic E-state index is -0.348. The topological polar surface area (TPSA) is 50.7 Å². The van der Waals surface area contributed by atoms with Crippen molar-refractivity contribution < 1.29 is 4.39 Å². The maximum atomic E-state index is 13.0. The molecule has 1 aliphatic carbocycles. The highest BCUT2D eigenvalue weighted by atomic mass is 19.1. The number of pyridine rings is 1. The van der Waals surface area contributed by atoms with Crippen molar-refractivity contribution in [3.05, 3.63) is 35.4 Å². The van der Waals surface area contributed by atoms with E-state index in [1.54, 1.807) is 6.07 Å². The van der Waals surface area contributed by atoms with Crippen molar-refractivity contribution in [3.8, 4) is 11.5 Å². The number of nitrogens with one attached hydrogen (secondary N) is 1. The van der Waals surface area contributed by atoms with Gasteiger partial charge in [-0.1, -0.05) is 6.92 Å². The Labute approximate surface area is 117 Å². The lowest BCUT2D eigenvalue weighted by atomic mass is 10.2. The van der Waals surface area contributed by atoms with Crippen LogP contribution in [0.1, 0.15) is 31.0 Å². The molecule has 0 bridgehead atoms. The molecule has 0 fully saturated rings. The molecular formula is C15H17FN4. The van der Waals surface area contributed by atoms with E-state index in [9.17, 15) is 4.39 Å². The van der Waals surface area contributed by atoms with E-state index in [0.717, 1.165) is 43.7 Å². The number of aromatic nitrogens is 3. The Bertz CT molecular complexity index is 610. The number of aryl methyl sites for hydroxylation is 1. The van der Waals surface area contributed by atoms with Gasteiger partial charge in [0.1, 0.15) is 17.3 Å². The summed E-state index contributed by atoms with van der Waals surface area (Å²) in [6.07, 6.45) is 5.37. The lowest BCUT2D eigenvalue weighted by Gasteiger charge is -2.11. The Hall–Kier alpha value is -2.04. The number of halogens is 1. The third kappa shape index (κ3) is 2.48. The number of hydrogen-bond donors (Lipinski definition) is 1. The van der Waals surface area contributed by atoms with Gasteiger partial charge in [0.25, 0.3) is 0 Å². The molecule has 2 aromatic rings. The van der Waals surface area contributed by atoms with Crippen molar-refractivity contribution in [2.75, 3.05) is 11.9 Å². The molecule has 0 aromatic carbocycles.